The summed E-state index contributed by atoms with van der Waals surface area (Å²) in [6, 6.07) is 56.3. The number of hydrogen-bond acceptors (Lipinski definition) is 6. The molecule has 0 atom stereocenters. The van der Waals surface area contributed by atoms with E-state index in [4.69, 9.17) is 9.97 Å². The van der Waals surface area contributed by atoms with Crippen LogP contribution in [0.15, 0.2) is 181 Å². The zero-order valence-electron chi connectivity index (χ0n) is 28.9. The summed E-state index contributed by atoms with van der Waals surface area (Å²) in [5.74, 6) is 0. The van der Waals surface area contributed by atoms with Crippen LogP contribution >= 0.6 is 22.7 Å². The molecule has 54 heavy (non-hydrogen) atoms. The summed E-state index contributed by atoms with van der Waals surface area (Å²) in [4.78, 5) is 21.3. The molecule has 0 saturated heterocycles. The first-order chi connectivity index (χ1) is 26.8. The lowest BCUT2D eigenvalue weighted by Crippen LogP contribution is -1.95. The second-order valence-corrected chi connectivity index (χ2v) is 14.9. The standard InChI is InChI=1S/C48H30N4S2/c1-3-11-31(12-4-1)34-23-35(32-13-5-2-6-14-32)25-36(24-34)33-21-22-39-40(26-33)48(44-20-10-18-42(52-44)46-28-50-30-54-46)38-16-8-7-15-37(38)47(39)43-19-9-17-41(51-43)45-27-49-29-53-45/h1-30H. The van der Waals surface area contributed by atoms with Crippen LogP contribution in [0.4, 0.5) is 0 Å². The number of benzene rings is 6. The molecule has 0 spiro atoms. The Morgan fingerprint density at radius 2 is 0.759 bits per heavy atom. The number of rotatable bonds is 7. The molecule has 0 bridgehead atoms. The van der Waals surface area contributed by atoms with Gasteiger partial charge in [-0.1, -0.05) is 109 Å². The minimum absolute atomic E-state index is 0.912. The second kappa shape index (κ2) is 13.7. The topological polar surface area (TPSA) is 51.6 Å². The molecule has 10 rings (SSSR count). The summed E-state index contributed by atoms with van der Waals surface area (Å²) in [6.07, 6.45) is 3.78. The molecule has 4 heterocycles. The predicted molar refractivity (Wildman–Crippen MR) is 226 cm³/mol. The van der Waals surface area contributed by atoms with Crippen molar-refractivity contribution in [3.8, 4) is 77.0 Å². The van der Waals surface area contributed by atoms with E-state index >= 15 is 0 Å². The third-order valence-electron chi connectivity index (χ3n) is 9.88. The number of fused-ring (bicyclic) bond motifs is 2. The normalized spacial score (nSPS) is 11.3. The van der Waals surface area contributed by atoms with Gasteiger partial charge in [-0.25, -0.2) is 9.97 Å². The van der Waals surface area contributed by atoms with E-state index in [2.05, 4.69) is 168 Å². The maximum Gasteiger partial charge on any atom is 0.0825 e. The molecule has 4 aromatic heterocycles. The maximum atomic E-state index is 5.30. The summed E-state index contributed by atoms with van der Waals surface area (Å²) in [6.45, 7) is 0. The van der Waals surface area contributed by atoms with Crippen molar-refractivity contribution in [1.82, 2.24) is 19.9 Å². The van der Waals surface area contributed by atoms with Crippen LogP contribution < -0.4 is 0 Å². The molecular weight excluding hydrogens is 697 g/mol. The first-order valence-corrected chi connectivity index (χ1v) is 19.5. The first-order valence-electron chi connectivity index (χ1n) is 17.7. The van der Waals surface area contributed by atoms with E-state index in [0.29, 0.717) is 0 Å². The van der Waals surface area contributed by atoms with Gasteiger partial charge in [0.2, 0.25) is 0 Å². The molecule has 4 nitrogen and oxygen atoms in total. The zero-order chi connectivity index (χ0) is 35.8. The predicted octanol–water partition coefficient (Wildman–Crippen LogP) is 13.4. The summed E-state index contributed by atoms with van der Waals surface area (Å²) >= 11 is 3.20. The van der Waals surface area contributed by atoms with Crippen molar-refractivity contribution >= 4 is 44.2 Å². The third kappa shape index (κ3) is 5.88. The molecule has 0 fully saturated rings. The average molecular weight is 727 g/mol. The van der Waals surface area contributed by atoms with Gasteiger partial charge in [0.05, 0.1) is 43.6 Å². The average Bonchev–Trinajstić information content (AvgIpc) is 4.00. The van der Waals surface area contributed by atoms with Crippen molar-refractivity contribution in [3.63, 3.8) is 0 Å². The number of hydrogen-bond donors (Lipinski definition) is 0. The highest BCUT2D eigenvalue weighted by Crippen LogP contribution is 2.45. The van der Waals surface area contributed by atoms with Crippen molar-refractivity contribution in [2.45, 2.75) is 0 Å². The number of pyridine rings is 2. The van der Waals surface area contributed by atoms with Gasteiger partial charge in [0.15, 0.2) is 0 Å². The minimum atomic E-state index is 0.912. The van der Waals surface area contributed by atoms with Crippen LogP contribution in [0, 0.1) is 0 Å². The molecule has 6 aromatic carbocycles. The fourth-order valence-corrected chi connectivity index (χ4v) is 8.59. The molecular formula is C48H30N4S2. The lowest BCUT2D eigenvalue weighted by atomic mass is 9.86. The van der Waals surface area contributed by atoms with E-state index < -0.39 is 0 Å². The second-order valence-electron chi connectivity index (χ2n) is 13.1. The minimum Gasteiger partial charge on any atom is -0.252 e. The highest BCUT2D eigenvalue weighted by molar-refractivity contribution is 7.13. The van der Waals surface area contributed by atoms with Crippen molar-refractivity contribution in [3.05, 3.63) is 181 Å². The van der Waals surface area contributed by atoms with Crippen LogP contribution in [-0.2, 0) is 0 Å². The third-order valence-corrected chi connectivity index (χ3v) is 11.5. The number of thiazole rings is 2. The first kappa shape index (κ1) is 32.1. The van der Waals surface area contributed by atoms with Gasteiger partial charge in [0.25, 0.3) is 0 Å². The molecule has 0 aliphatic heterocycles. The zero-order valence-corrected chi connectivity index (χ0v) is 30.6. The van der Waals surface area contributed by atoms with Gasteiger partial charge < -0.3 is 0 Å². The fourth-order valence-electron chi connectivity index (χ4n) is 7.41. The van der Waals surface area contributed by atoms with Gasteiger partial charge in [0, 0.05) is 23.5 Å². The monoisotopic (exact) mass is 726 g/mol. The van der Waals surface area contributed by atoms with E-state index in [9.17, 15) is 0 Å². The van der Waals surface area contributed by atoms with Gasteiger partial charge in [0.1, 0.15) is 0 Å². The van der Waals surface area contributed by atoms with E-state index in [1.54, 1.807) is 22.7 Å². The van der Waals surface area contributed by atoms with Crippen LogP contribution in [0.3, 0.4) is 0 Å². The van der Waals surface area contributed by atoms with Crippen LogP contribution in [0.2, 0.25) is 0 Å². The van der Waals surface area contributed by atoms with E-state index in [0.717, 1.165) is 76.3 Å². The molecule has 0 unspecified atom stereocenters. The SMILES string of the molecule is c1ccc(-c2cc(-c3ccccc3)cc(-c3ccc4c(-c5cccc(-c6cncs6)n5)c5ccccc5c(-c5cccc(-c6cncs6)n5)c4c3)c2)cc1. The van der Waals surface area contributed by atoms with Crippen LogP contribution in [0.5, 0.6) is 0 Å². The molecule has 254 valence electrons. The Hall–Kier alpha value is -6.60. The van der Waals surface area contributed by atoms with Crippen molar-refractivity contribution in [2.24, 2.45) is 0 Å². The Bertz CT molecular complexity index is 2860. The van der Waals surface area contributed by atoms with Crippen LogP contribution in [0.25, 0.3) is 98.6 Å². The Morgan fingerprint density at radius 3 is 1.26 bits per heavy atom. The lowest BCUT2D eigenvalue weighted by molar-refractivity contribution is 1.33. The summed E-state index contributed by atoms with van der Waals surface area (Å²) in [5.41, 5.74) is 16.6. The smallest absolute Gasteiger partial charge is 0.0825 e. The Balaban J connectivity index is 1.27. The fraction of sp³-hybridized carbons (Fsp3) is 0. The van der Waals surface area contributed by atoms with Gasteiger partial charge in [-0.05, 0) is 103 Å². The molecule has 0 aliphatic rings. The molecule has 10 aromatic rings. The largest absolute Gasteiger partial charge is 0.252 e. The van der Waals surface area contributed by atoms with Crippen molar-refractivity contribution in [2.75, 3.05) is 0 Å². The highest BCUT2D eigenvalue weighted by atomic mass is 32.1. The Kier molecular flexibility index (Phi) is 8.17. The lowest BCUT2D eigenvalue weighted by Gasteiger charge is -2.19. The Morgan fingerprint density at radius 1 is 0.315 bits per heavy atom. The van der Waals surface area contributed by atoms with E-state index in [-0.39, 0.29) is 0 Å². The molecule has 0 radical (unpaired) electrons. The quantitative estimate of drug-likeness (QED) is 0.153. The van der Waals surface area contributed by atoms with Crippen LogP contribution in [0.1, 0.15) is 0 Å². The highest BCUT2D eigenvalue weighted by Gasteiger charge is 2.20. The Labute approximate surface area is 320 Å². The van der Waals surface area contributed by atoms with Gasteiger partial charge in [-0.3, -0.25) is 9.97 Å². The summed E-state index contributed by atoms with van der Waals surface area (Å²) < 4.78 is 0. The van der Waals surface area contributed by atoms with Crippen molar-refractivity contribution in [1.29, 1.82) is 0 Å². The van der Waals surface area contributed by atoms with Crippen molar-refractivity contribution < 1.29 is 0 Å². The van der Waals surface area contributed by atoms with E-state index in [1.807, 2.05) is 23.4 Å². The van der Waals surface area contributed by atoms with Gasteiger partial charge >= 0.3 is 0 Å². The molecule has 0 saturated carbocycles. The van der Waals surface area contributed by atoms with Crippen LogP contribution in [-0.4, -0.2) is 19.9 Å². The summed E-state index contributed by atoms with van der Waals surface area (Å²) in [7, 11) is 0. The summed E-state index contributed by atoms with van der Waals surface area (Å²) in [5, 5.41) is 4.49. The molecule has 0 amide bonds. The molecule has 0 N–H and O–H groups in total. The molecule has 6 heteroatoms. The van der Waals surface area contributed by atoms with E-state index in [1.165, 1.54) is 22.3 Å². The number of aromatic nitrogens is 4. The number of nitrogens with zero attached hydrogens (tertiary/aromatic N) is 4. The van der Waals surface area contributed by atoms with Gasteiger partial charge in [-0.15, -0.1) is 22.7 Å². The van der Waals surface area contributed by atoms with Gasteiger partial charge in [-0.2, -0.15) is 0 Å². The maximum absolute atomic E-state index is 5.30. The molecule has 0 aliphatic carbocycles.